The number of morpholine rings is 1. The lowest BCUT2D eigenvalue weighted by Crippen LogP contribution is -2.39. The molecule has 0 unspecified atom stereocenters. The molecule has 124 valence electrons. The van der Waals surface area contributed by atoms with E-state index in [0.29, 0.717) is 13.2 Å². The van der Waals surface area contributed by atoms with E-state index in [1.54, 1.807) is 24.6 Å². The Morgan fingerprint density at radius 2 is 2.39 bits per heavy atom. The minimum Gasteiger partial charge on any atom is -0.383 e. The maximum Gasteiger partial charge on any atom is 0.150 e. The SMILES string of the molecule is COCCNc1ccnc([C@H]2COCCN2Cc2nccs2)n1. The Hall–Kier alpha value is -1.61. The van der Waals surface area contributed by atoms with E-state index in [4.69, 9.17) is 9.47 Å². The predicted molar refractivity (Wildman–Crippen MR) is 88.5 cm³/mol. The predicted octanol–water partition coefficient (Wildman–Crippen LogP) is 1.56. The first-order valence-electron chi connectivity index (χ1n) is 7.62. The summed E-state index contributed by atoms with van der Waals surface area (Å²) >= 11 is 1.67. The average molecular weight is 335 g/mol. The van der Waals surface area contributed by atoms with Gasteiger partial charge in [-0.05, 0) is 6.07 Å². The number of hydrogen-bond acceptors (Lipinski definition) is 8. The highest BCUT2D eigenvalue weighted by Crippen LogP contribution is 2.24. The lowest BCUT2D eigenvalue weighted by atomic mass is 10.2. The van der Waals surface area contributed by atoms with Crippen LogP contribution in [0.4, 0.5) is 5.82 Å². The third-order valence-corrected chi connectivity index (χ3v) is 4.41. The van der Waals surface area contributed by atoms with Crippen LogP contribution in [0.5, 0.6) is 0 Å². The van der Waals surface area contributed by atoms with Crippen molar-refractivity contribution in [2.24, 2.45) is 0 Å². The molecule has 3 rings (SSSR count). The Labute approximate surface area is 139 Å². The number of hydrogen-bond donors (Lipinski definition) is 1. The van der Waals surface area contributed by atoms with E-state index >= 15 is 0 Å². The Bertz CT molecular complexity index is 595. The van der Waals surface area contributed by atoms with Crippen molar-refractivity contribution in [3.63, 3.8) is 0 Å². The number of rotatable bonds is 7. The van der Waals surface area contributed by atoms with Gasteiger partial charge < -0.3 is 14.8 Å². The lowest BCUT2D eigenvalue weighted by Gasteiger charge is -2.33. The summed E-state index contributed by atoms with van der Waals surface area (Å²) in [7, 11) is 1.68. The first kappa shape index (κ1) is 16.3. The Morgan fingerprint density at radius 3 is 3.22 bits per heavy atom. The van der Waals surface area contributed by atoms with Gasteiger partial charge in [-0.2, -0.15) is 0 Å². The molecule has 0 bridgehead atoms. The number of anilines is 1. The monoisotopic (exact) mass is 335 g/mol. The molecule has 0 aliphatic carbocycles. The lowest BCUT2D eigenvalue weighted by molar-refractivity contribution is -0.0159. The van der Waals surface area contributed by atoms with Gasteiger partial charge in [-0.3, -0.25) is 4.90 Å². The highest BCUT2D eigenvalue weighted by molar-refractivity contribution is 7.09. The summed E-state index contributed by atoms with van der Waals surface area (Å²) in [6, 6.07) is 1.92. The van der Waals surface area contributed by atoms with Gasteiger partial charge in [-0.1, -0.05) is 0 Å². The summed E-state index contributed by atoms with van der Waals surface area (Å²) < 4.78 is 10.7. The Kier molecular flexibility index (Phi) is 5.87. The standard InChI is InChI=1S/C15H21N5O2S/c1-21-7-4-16-13-2-3-18-15(19-13)12-11-22-8-6-20(12)10-14-17-5-9-23-14/h2-3,5,9,12H,4,6-8,10-11H2,1H3,(H,16,18,19)/t12-/m1/s1. The molecule has 8 heteroatoms. The molecule has 0 spiro atoms. The first-order chi connectivity index (χ1) is 11.4. The number of nitrogens with one attached hydrogen (secondary N) is 1. The molecular weight excluding hydrogens is 314 g/mol. The van der Waals surface area contributed by atoms with Crippen molar-refractivity contribution >= 4 is 17.2 Å². The Balaban J connectivity index is 1.70. The quantitative estimate of drug-likeness (QED) is 0.770. The minimum atomic E-state index is 0.0526. The summed E-state index contributed by atoms with van der Waals surface area (Å²) in [6.45, 7) is 4.35. The van der Waals surface area contributed by atoms with Crippen LogP contribution < -0.4 is 5.32 Å². The zero-order valence-corrected chi connectivity index (χ0v) is 14.0. The van der Waals surface area contributed by atoms with Crippen molar-refractivity contribution in [3.8, 4) is 0 Å². The summed E-state index contributed by atoms with van der Waals surface area (Å²) in [5.74, 6) is 1.59. The van der Waals surface area contributed by atoms with Gasteiger partial charge in [-0.25, -0.2) is 15.0 Å². The second kappa shape index (κ2) is 8.30. The van der Waals surface area contributed by atoms with Crippen LogP contribution in [0, 0.1) is 0 Å². The largest absolute Gasteiger partial charge is 0.383 e. The van der Waals surface area contributed by atoms with Crippen LogP contribution in [0.2, 0.25) is 0 Å². The van der Waals surface area contributed by atoms with E-state index in [1.165, 1.54) is 0 Å². The molecule has 3 heterocycles. The van der Waals surface area contributed by atoms with Crippen LogP contribution in [0.1, 0.15) is 16.9 Å². The average Bonchev–Trinajstić information content (AvgIpc) is 3.09. The summed E-state index contributed by atoms with van der Waals surface area (Å²) in [5.41, 5.74) is 0. The molecule has 1 N–H and O–H groups in total. The minimum absolute atomic E-state index is 0.0526. The first-order valence-corrected chi connectivity index (χ1v) is 8.50. The molecule has 0 amide bonds. The smallest absolute Gasteiger partial charge is 0.150 e. The van der Waals surface area contributed by atoms with Crippen molar-refractivity contribution in [1.82, 2.24) is 19.9 Å². The summed E-state index contributed by atoms with van der Waals surface area (Å²) in [6.07, 6.45) is 3.62. The van der Waals surface area contributed by atoms with E-state index in [0.717, 1.165) is 42.9 Å². The molecule has 1 aliphatic heterocycles. The van der Waals surface area contributed by atoms with Gasteiger partial charge in [0.2, 0.25) is 0 Å². The Morgan fingerprint density at radius 1 is 1.43 bits per heavy atom. The van der Waals surface area contributed by atoms with E-state index in [1.807, 2.05) is 17.6 Å². The molecule has 0 aromatic carbocycles. The second-order valence-electron chi connectivity index (χ2n) is 5.21. The molecule has 0 radical (unpaired) electrons. The molecule has 2 aromatic heterocycles. The van der Waals surface area contributed by atoms with Gasteiger partial charge in [0, 0.05) is 38.0 Å². The summed E-state index contributed by atoms with van der Waals surface area (Å²) in [4.78, 5) is 15.8. The molecule has 1 aliphatic rings. The van der Waals surface area contributed by atoms with Gasteiger partial charge in [0.25, 0.3) is 0 Å². The van der Waals surface area contributed by atoms with Crippen LogP contribution in [0.15, 0.2) is 23.8 Å². The van der Waals surface area contributed by atoms with Gasteiger partial charge in [0.1, 0.15) is 16.6 Å². The molecule has 0 saturated carbocycles. The molecule has 7 nitrogen and oxygen atoms in total. The zero-order valence-electron chi connectivity index (χ0n) is 13.1. The molecular formula is C15H21N5O2S. The van der Waals surface area contributed by atoms with Gasteiger partial charge in [-0.15, -0.1) is 11.3 Å². The van der Waals surface area contributed by atoms with E-state index < -0.39 is 0 Å². The van der Waals surface area contributed by atoms with Crippen molar-refractivity contribution in [2.45, 2.75) is 12.6 Å². The highest BCUT2D eigenvalue weighted by atomic mass is 32.1. The van der Waals surface area contributed by atoms with E-state index in [9.17, 15) is 0 Å². The van der Waals surface area contributed by atoms with Crippen molar-refractivity contribution in [2.75, 3.05) is 45.3 Å². The third-order valence-electron chi connectivity index (χ3n) is 3.65. The number of nitrogens with zero attached hydrogens (tertiary/aromatic N) is 4. The third kappa shape index (κ3) is 4.44. The number of ether oxygens (including phenoxy) is 2. The highest BCUT2D eigenvalue weighted by Gasteiger charge is 2.27. The van der Waals surface area contributed by atoms with Crippen LogP contribution >= 0.6 is 11.3 Å². The molecule has 23 heavy (non-hydrogen) atoms. The fourth-order valence-electron chi connectivity index (χ4n) is 2.48. The van der Waals surface area contributed by atoms with Gasteiger partial charge in [0.15, 0.2) is 0 Å². The van der Waals surface area contributed by atoms with Gasteiger partial charge >= 0.3 is 0 Å². The fourth-order valence-corrected chi connectivity index (χ4v) is 3.12. The van der Waals surface area contributed by atoms with Crippen molar-refractivity contribution in [1.29, 1.82) is 0 Å². The summed E-state index contributed by atoms with van der Waals surface area (Å²) in [5, 5.41) is 6.34. The molecule has 1 fully saturated rings. The molecule has 2 aromatic rings. The maximum absolute atomic E-state index is 5.65. The number of aromatic nitrogens is 3. The van der Waals surface area contributed by atoms with Crippen LogP contribution in [0.25, 0.3) is 0 Å². The van der Waals surface area contributed by atoms with Crippen LogP contribution in [-0.4, -0.2) is 59.9 Å². The number of methoxy groups -OCH3 is 1. The van der Waals surface area contributed by atoms with Crippen molar-refractivity contribution in [3.05, 3.63) is 34.7 Å². The van der Waals surface area contributed by atoms with Crippen molar-refractivity contribution < 1.29 is 9.47 Å². The van der Waals surface area contributed by atoms with Crippen LogP contribution in [-0.2, 0) is 16.0 Å². The van der Waals surface area contributed by atoms with Gasteiger partial charge in [0.05, 0.1) is 32.4 Å². The topological polar surface area (TPSA) is 72.4 Å². The van der Waals surface area contributed by atoms with Crippen LogP contribution in [0.3, 0.4) is 0 Å². The fraction of sp³-hybridized carbons (Fsp3) is 0.533. The molecule has 1 atom stereocenters. The molecule has 1 saturated heterocycles. The van der Waals surface area contributed by atoms with E-state index in [2.05, 4.69) is 25.2 Å². The normalized spacial score (nSPS) is 18.9. The van der Waals surface area contributed by atoms with E-state index in [-0.39, 0.29) is 6.04 Å². The zero-order chi connectivity index (χ0) is 15.9. The number of thiazole rings is 1. The maximum atomic E-state index is 5.65. The second-order valence-corrected chi connectivity index (χ2v) is 6.19.